The first-order valence-electron chi connectivity index (χ1n) is 5.56. The van der Waals surface area contributed by atoms with Crippen molar-refractivity contribution in [3.8, 4) is 11.5 Å². The molecule has 3 heteroatoms. The van der Waals surface area contributed by atoms with Crippen LogP contribution in [0, 0.1) is 6.92 Å². The molecule has 0 amide bonds. The zero-order valence-corrected chi connectivity index (χ0v) is 9.84. The topological polar surface area (TPSA) is 29.9 Å². The monoisotopic (exact) mass is 225 g/mol. The molecule has 1 aromatic carbocycles. The second kappa shape index (κ2) is 3.70. The van der Waals surface area contributed by atoms with Gasteiger partial charge in [0.05, 0.1) is 0 Å². The van der Waals surface area contributed by atoms with Crippen molar-refractivity contribution in [2.75, 3.05) is 0 Å². The average molecular weight is 225 g/mol. The van der Waals surface area contributed by atoms with Gasteiger partial charge in [-0.3, -0.25) is 0 Å². The van der Waals surface area contributed by atoms with Crippen LogP contribution >= 0.6 is 0 Å². The van der Waals surface area contributed by atoms with Gasteiger partial charge < -0.3 is 4.42 Å². The molecule has 0 bridgehead atoms. The molecule has 0 atom stereocenters. The molecular formula is C14H13N2O+. The standard InChI is InChI=1S/C14H13N2O/c1-10-7-8-11(9-16(10)2)14-15-12-5-3-4-6-13(12)17-14/h3-9H,1-2H3/q+1. The van der Waals surface area contributed by atoms with Crippen LogP contribution in [0.2, 0.25) is 0 Å². The highest BCUT2D eigenvalue weighted by Gasteiger charge is 2.11. The normalized spacial score (nSPS) is 10.9. The summed E-state index contributed by atoms with van der Waals surface area (Å²) in [5.74, 6) is 0.668. The van der Waals surface area contributed by atoms with E-state index >= 15 is 0 Å². The molecule has 2 aromatic heterocycles. The summed E-state index contributed by atoms with van der Waals surface area (Å²) in [6.45, 7) is 2.07. The van der Waals surface area contributed by atoms with Gasteiger partial charge >= 0.3 is 0 Å². The van der Waals surface area contributed by atoms with Crippen LogP contribution in [0.4, 0.5) is 0 Å². The molecule has 84 valence electrons. The predicted molar refractivity (Wildman–Crippen MR) is 65.4 cm³/mol. The van der Waals surface area contributed by atoms with Crippen LogP contribution in [-0.2, 0) is 7.05 Å². The van der Waals surface area contributed by atoms with Crippen molar-refractivity contribution >= 4 is 11.1 Å². The number of hydrogen-bond donors (Lipinski definition) is 0. The Bertz CT molecular complexity index is 653. The van der Waals surface area contributed by atoms with Crippen LogP contribution in [0.3, 0.4) is 0 Å². The molecule has 0 aliphatic heterocycles. The predicted octanol–water partition coefficient (Wildman–Crippen LogP) is 2.63. The summed E-state index contributed by atoms with van der Waals surface area (Å²) in [7, 11) is 2.02. The van der Waals surface area contributed by atoms with Crippen LogP contribution in [0.5, 0.6) is 0 Å². The second-order valence-corrected chi connectivity index (χ2v) is 4.16. The third kappa shape index (κ3) is 1.69. The van der Waals surface area contributed by atoms with Crippen molar-refractivity contribution in [3.05, 3.63) is 48.3 Å². The quantitative estimate of drug-likeness (QED) is 0.596. The summed E-state index contributed by atoms with van der Waals surface area (Å²) in [5.41, 5.74) is 3.91. The lowest BCUT2D eigenvalue weighted by Gasteiger charge is -1.95. The summed E-state index contributed by atoms with van der Waals surface area (Å²) in [6, 6.07) is 11.9. The molecule has 0 aliphatic carbocycles. The van der Waals surface area contributed by atoms with Crippen molar-refractivity contribution in [2.24, 2.45) is 7.05 Å². The first-order chi connectivity index (χ1) is 8.24. The Labute approximate surface area is 99.3 Å². The van der Waals surface area contributed by atoms with Gasteiger partial charge in [-0.15, -0.1) is 0 Å². The van der Waals surface area contributed by atoms with Crippen molar-refractivity contribution in [1.29, 1.82) is 0 Å². The number of benzene rings is 1. The summed E-state index contributed by atoms with van der Waals surface area (Å²) in [6.07, 6.45) is 2.03. The number of rotatable bonds is 1. The van der Waals surface area contributed by atoms with Crippen LogP contribution in [0.1, 0.15) is 5.69 Å². The maximum absolute atomic E-state index is 5.72. The molecule has 0 radical (unpaired) electrons. The zero-order chi connectivity index (χ0) is 11.8. The van der Waals surface area contributed by atoms with E-state index in [1.807, 2.05) is 43.6 Å². The molecule has 0 saturated heterocycles. The largest absolute Gasteiger partial charge is 0.436 e. The second-order valence-electron chi connectivity index (χ2n) is 4.16. The van der Waals surface area contributed by atoms with E-state index in [0.717, 1.165) is 16.7 Å². The maximum Gasteiger partial charge on any atom is 0.233 e. The summed E-state index contributed by atoms with van der Waals surface area (Å²) < 4.78 is 7.78. The van der Waals surface area contributed by atoms with Gasteiger partial charge in [-0.1, -0.05) is 12.1 Å². The summed E-state index contributed by atoms with van der Waals surface area (Å²) >= 11 is 0. The van der Waals surface area contributed by atoms with Gasteiger partial charge in [0, 0.05) is 13.0 Å². The van der Waals surface area contributed by atoms with E-state index in [4.69, 9.17) is 4.42 Å². The van der Waals surface area contributed by atoms with Crippen LogP contribution < -0.4 is 4.57 Å². The van der Waals surface area contributed by atoms with Crippen molar-refractivity contribution < 1.29 is 8.98 Å². The Balaban J connectivity index is 2.17. The molecule has 3 rings (SSSR count). The SMILES string of the molecule is Cc1ccc(-c2nc3ccccc3o2)c[n+]1C. The molecule has 2 heterocycles. The molecule has 3 nitrogen and oxygen atoms in total. The number of nitrogens with zero attached hydrogens (tertiary/aromatic N) is 2. The third-order valence-electron chi connectivity index (χ3n) is 2.93. The van der Waals surface area contributed by atoms with Gasteiger partial charge in [0.25, 0.3) is 0 Å². The van der Waals surface area contributed by atoms with Gasteiger partial charge in [-0.05, 0) is 18.2 Å². The van der Waals surface area contributed by atoms with Gasteiger partial charge in [0.15, 0.2) is 17.5 Å². The lowest BCUT2D eigenvalue weighted by Crippen LogP contribution is -2.31. The van der Waals surface area contributed by atoms with Crippen molar-refractivity contribution in [2.45, 2.75) is 6.92 Å². The number of hydrogen-bond acceptors (Lipinski definition) is 2. The fourth-order valence-corrected chi connectivity index (χ4v) is 1.80. The van der Waals surface area contributed by atoms with E-state index in [2.05, 4.69) is 22.5 Å². The minimum absolute atomic E-state index is 0.668. The molecule has 0 unspecified atom stereocenters. The van der Waals surface area contributed by atoms with Gasteiger partial charge in [0.2, 0.25) is 5.89 Å². The fourth-order valence-electron chi connectivity index (χ4n) is 1.80. The van der Waals surface area contributed by atoms with E-state index in [1.165, 1.54) is 5.69 Å². The van der Waals surface area contributed by atoms with E-state index < -0.39 is 0 Å². The summed E-state index contributed by atoms with van der Waals surface area (Å²) in [5, 5.41) is 0. The van der Waals surface area contributed by atoms with Gasteiger partial charge in [-0.25, -0.2) is 9.55 Å². The number of pyridine rings is 1. The Morgan fingerprint density at radius 2 is 1.94 bits per heavy atom. The van der Waals surface area contributed by atoms with Crippen LogP contribution in [0.25, 0.3) is 22.6 Å². The zero-order valence-electron chi connectivity index (χ0n) is 9.84. The van der Waals surface area contributed by atoms with E-state index in [-0.39, 0.29) is 0 Å². The maximum atomic E-state index is 5.72. The first kappa shape index (κ1) is 10.0. The molecule has 0 spiro atoms. The number of aryl methyl sites for hydroxylation is 2. The Kier molecular flexibility index (Phi) is 2.18. The number of fused-ring (bicyclic) bond motifs is 1. The highest BCUT2D eigenvalue weighted by Crippen LogP contribution is 2.22. The van der Waals surface area contributed by atoms with E-state index in [9.17, 15) is 0 Å². The molecule has 0 aliphatic rings. The van der Waals surface area contributed by atoms with Gasteiger partial charge in [-0.2, -0.15) is 0 Å². The lowest BCUT2D eigenvalue weighted by atomic mass is 10.2. The summed E-state index contributed by atoms with van der Waals surface area (Å²) in [4.78, 5) is 4.47. The van der Waals surface area contributed by atoms with Crippen LogP contribution in [0.15, 0.2) is 47.0 Å². The highest BCUT2D eigenvalue weighted by atomic mass is 16.3. The molecular weight excluding hydrogens is 212 g/mol. The Hall–Kier alpha value is -2.16. The fraction of sp³-hybridized carbons (Fsp3) is 0.143. The minimum Gasteiger partial charge on any atom is -0.436 e. The molecule has 17 heavy (non-hydrogen) atoms. The van der Waals surface area contributed by atoms with E-state index in [1.54, 1.807) is 0 Å². The average Bonchev–Trinajstić information content (AvgIpc) is 2.76. The Morgan fingerprint density at radius 3 is 2.71 bits per heavy atom. The van der Waals surface area contributed by atoms with Gasteiger partial charge in [0.1, 0.15) is 18.1 Å². The number of oxazole rings is 1. The molecule has 0 N–H and O–H groups in total. The molecule has 0 saturated carbocycles. The lowest BCUT2D eigenvalue weighted by molar-refractivity contribution is -0.677. The minimum atomic E-state index is 0.668. The number of aromatic nitrogens is 2. The number of para-hydroxylation sites is 2. The molecule has 3 aromatic rings. The van der Waals surface area contributed by atoms with Crippen LogP contribution in [-0.4, -0.2) is 4.98 Å². The van der Waals surface area contributed by atoms with Crippen molar-refractivity contribution in [1.82, 2.24) is 4.98 Å². The highest BCUT2D eigenvalue weighted by molar-refractivity contribution is 5.75. The Morgan fingerprint density at radius 1 is 1.12 bits per heavy atom. The van der Waals surface area contributed by atoms with E-state index in [0.29, 0.717) is 5.89 Å². The first-order valence-corrected chi connectivity index (χ1v) is 5.56. The third-order valence-corrected chi connectivity index (χ3v) is 2.93. The smallest absolute Gasteiger partial charge is 0.233 e. The van der Waals surface area contributed by atoms with Crippen molar-refractivity contribution in [3.63, 3.8) is 0 Å². The molecule has 0 fully saturated rings.